The number of carbonyl (C=O) groups is 1. The fourth-order valence-corrected chi connectivity index (χ4v) is 1.68. The van der Waals surface area contributed by atoms with Crippen molar-refractivity contribution in [2.75, 3.05) is 5.32 Å². The van der Waals surface area contributed by atoms with Crippen molar-refractivity contribution < 1.29 is 4.79 Å². The average molecular weight is 303 g/mol. The molecule has 0 unspecified atom stereocenters. The number of halogens is 3. The van der Waals surface area contributed by atoms with Gasteiger partial charge in [0.25, 0.3) is 5.91 Å². The summed E-state index contributed by atoms with van der Waals surface area (Å²) < 4.78 is 0. The van der Waals surface area contributed by atoms with Gasteiger partial charge in [-0.3, -0.25) is 4.79 Å². The Morgan fingerprint density at radius 1 is 1.11 bits per heavy atom. The molecule has 7 heteroatoms. The van der Waals surface area contributed by atoms with Crippen molar-refractivity contribution in [2.45, 2.75) is 0 Å². The first-order valence-corrected chi connectivity index (χ1v) is 5.93. The maximum absolute atomic E-state index is 11.9. The molecule has 0 saturated heterocycles. The van der Waals surface area contributed by atoms with Crippen LogP contribution in [-0.4, -0.2) is 15.9 Å². The molecule has 2 heterocycles. The van der Waals surface area contributed by atoms with Gasteiger partial charge >= 0.3 is 0 Å². The molecule has 0 aliphatic rings. The van der Waals surface area contributed by atoms with E-state index >= 15 is 0 Å². The van der Waals surface area contributed by atoms with Crippen molar-refractivity contribution in [3.63, 3.8) is 0 Å². The molecule has 0 fully saturated rings. The van der Waals surface area contributed by atoms with Crippen molar-refractivity contribution in [2.24, 2.45) is 0 Å². The van der Waals surface area contributed by atoms with E-state index in [0.29, 0.717) is 10.8 Å². The predicted octanol–water partition coefficient (Wildman–Crippen LogP) is 3.69. The van der Waals surface area contributed by atoms with E-state index in [1.54, 1.807) is 12.1 Å². The summed E-state index contributed by atoms with van der Waals surface area (Å²) in [5.74, 6) is -0.0486. The normalized spacial score (nSPS) is 10.2. The van der Waals surface area contributed by atoms with Gasteiger partial charge in [0, 0.05) is 12.4 Å². The van der Waals surface area contributed by atoms with Crippen LogP contribution in [0.1, 0.15) is 10.4 Å². The Morgan fingerprint density at radius 3 is 2.56 bits per heavy atom. The molecule has 1 N–H and O–H groups in total. The van der Waals surface area contributed by atoms with Crippen molar-refractivity contribution >= 4 is 46.5 Å². The second kappa shape index (κ2) is 5.52. The Balaban J connectivity index is 2.21. The number of amides is 1. The maximum Gasteiger partial charge on any atom is 0.258 e. The number of aromatic nitrogens is 2. The van der Waals surface area contributed by atoms with Crippen molar-refractivity contribution in [3.8, 4) is 0 Å². The molecule has 0 aliphatic carbocycles. The van der Waals surface area contributed by atoms with Crippen LogP contribution >= 0.6 is 34.8 Å². The lowest BCUT2D eigenvalue weighted by Gasteiger charge is -2.06. The Hall–Kier alpha value is -1.36. The summed E-state index contributed by atoms with van der Waals surface area (Å²) in [5.41, 5.74) is 0.230. The van der Waals surface area contributed by atoms with Gasteiger partial charge in [0.2, 0.25) is 0 Å². The van der Waals surface area contributed by atoms with Gasteiger partial charge in [-0.25, -0.2) is 9.97 Å². The van der Waals surface area contributed by atoms with E-state index in [1.165, 1.54) is 18.5 Å². The Bertz CT molecular complexity index is 587. The predicted molar refractivity (Wildman–Crippen MR) is 71.5 cm³/mol. The van der Waals surface area contributed by atoms with Crippen molar-refractivity contribution in [1.29, 1.82) is 0 Å². The highest BCUT2D eigenvalue weighted by atomic mass is 35.5. The molecule has 0 bridgehead atoms. The highest BCUT2D eigenvalue weighted by Crippen LogP contribution is 2.19. The van der Waals surface area contributed by atoms with Gasteiger partial charge in [-0.05, 0) is 18.2 Å². The minimum Gasteiger partial charge on any atom is -0.307 e. The lowest BCUT2D eigenvalue weighted by atomic mass is 10.2. The number of pyridine rings is 2. The summed E-state index contributed by atoms with van der Waals surface area (Å²) in [6.45, 7) is 0. The number of hydrogen-bond donors (Lipinski definition) is 1. The zero-order valence-electron chi connectivity index (χ0n) is 8.82. The van der Waals surface area contributed by atoms with Crippen LogP contribution in [-0.2, 0) is 0 Å². The number of nitrogens with one attached hydrogen (secondary N) is 1. The first kappa shape index (κ1) is 13.1. The van der Waals surface area contributed by atoms with Crippen LogP contribution in [0.25, 0.3) is 0 Å². The highest BCUT2D eigenvalue weighted by Gasteiger charge is 2.12. The minimum absolute atomic E-state index is 0.189. The fourth-order valence-electron chi connectivity index (χ4n) is 1.22. The number of hydrogen-bond acceptors (Lipinski definition) is 3. The molecule has 92 valence electrons. The summed E-state index contributed by atoms with van der Waals surface area (Å²) >= 11 is 17.3. The van der Waals surface area contributed by atoms with E-state index in [4.69, 9.17) is 34.8 Å². The fraction of sp³-hybridized carbons (Fsp3) is 0. The zero-order chi connectivity index (χ0) is 13.1. The van der Waals surface area contributed by atoms with E-state index in [-0.39, 0.29) is 15.7 Å². The summed E-state index contributed by atoms with van der Waals surface area (Å²) in [7, 11) is 0. The van der Waals surface area contributed by atoms with Crippen LogP contribution < -0.4 is 5.32 Å². The van der Waals surface area contributed by atoms with Gasteiger partial charge in [0.15, 0.2) is 0 Å². The molecule has 0 saturated carbocycles. The van der Waals surface area contributed by atoms with Gasteiger partial charge in [0.1, 0.15) is 11.0 Å². The summed E-state index contributed by atoms with van der Waals surface area (Å²) in [6, 6.07) is 4.58. The molecule has 18 heavy (non-hydrogen) atoms. The second-order valence-corrected chi connectivity index (χ2v) is 4.53. The molecule has 0 aliphatic heterocycles. The SMILES string of the molecule is O=C(Nc1ccc(Cl)cn1)c1cc(Cl)ncc1Cl. The Labute approximate surface area is 118 Å². The molecule has 2 aromatic rings. The Morgan fingerprint density at radius 2 is 1.89 bits per heavy atom. The number of carbonyl (C=O) groups excluding carboxylic acids is 1. The molecular formula is C11H6Cl3N3O. The van der Waals surface area contributed by atoms with Gasteiger partial charge < -0.3 is 5.32 Å². The first-order valence-electron chi connectivity index (χ1n) is 4.80. The van der Waals surface area contributed by atoms with Gasteiger partial charge in [-0.1, -0.05) is 34.8 Å². The summed E-state index contributed by atoms with van der Waals surface area (Å²) in [6.07, 6.45) is 2.74. The van der Waals surface area contributed by atoms with Gasteiger partial charge in [-0.15, -0.1) is 0 Å². The molecule has 2 aromatic heterocycles. The summed E-state index contributed by atoms with van der Waals surface area (Å²) in [5, 5.41) is 3.46. The van der Waals surface area contributed by atoms with Crippen LogP contribution in [0.2, 0.25) is 15.2 Å². The minimum atomic E-state index is -0.417. The third-order valence-electron chi connectivity index (χ3n) is 2.04. The quantitative estimate of drug-likeness (QED) is 0.861. The van der Waals surface area contributed by atoms with Gasteiger partial charge in [-0.2, -0.15) is 0 Å². The monoisotopic (exact) mass is 301 g/mol. The van der Waals surface area contributed by atoms with Gasteiger partial charge in [0.05, 0.1) is 15.6 Å². The van der Waals surface area contributed by atoms with Crippen molar-refractivity contribution in [3.05, 3.63) is 51.4 Å². The smallest absolute Gasteiger partial charge is 0.258 e. The Kier molecular flexibility index (Phi) is 4.01. The van der Waals surface area contributed by atoms with E-state index in [1.807, 2.05) is 0 Å². The van der Waals surface area contributed by atoms with Crippen molar-refractivity contribution in [1.82, 2.24) is 9.97 Å². The first-order chi connectivity index (χ1) is 8.56. The standard InChI is InChI=1S/C11H6Cl3N3O/c12-6-1-2-10(16-4-6)17-11(18)7-3-9(14)15-5-8(7)13/h1-5H,(H,16,17,18). The molecule has 4 nitrogen and oxygen atoms in total. The summed E-state index contributed by atoms with van der Waals surface area (Å²) in [4.78, 5) is 19.6. The number of anilines is 1. The largest absolute Gasteiger partial charge is 0.307 e. The molecule has 1 amide bonds. The zero-order valence-corrected chi connectivity index (χ0v) is 11.1. The van der Waals surface area contributed by atoms with E-state index < -0.39 is 5.91 Å². The van der Waals surface area contributed by atoms with Crippen LogP contribution in [0.4, 0.5) is 5.82 Å². The van der Waals surface area contributed by atoms with Crippen LogP contribution in [0, 0.1) is 0 Å². The van der Waals surface area contributed by atoms with E-state index in [9.17, 15) is 4.79 Å². The average Bonchev–Trinajstić information content (AvgIpc) is 2.35. The second-order valence-electron chi connectivity index (χ2n) is 3.30. The third kappa shape index (κ3) is 3.10. The molecule has 0 radical (unpaired) electrons. The molecule has 0 atom stereocenters. The van der Waals surface area contributed by atoms with E-state index in [0.717, 1.165) is 0 Å². The number of rotatable bonds is 2. The lowest BCUT2D eigenvalue weighted by Crippen LogP contribution is -2.13. The molecule has 2 rings (SSSR count). The highest BCUT2D eigenvalue weighted by molar-refractivity contribution is 6.35. The third-order valence-corrected chi connectivity index (χ3v) is 2.77. The molecule has 0 aromatic carbocycles. The van der Waals surface area contributed by atoms with Crippen LogP contribution in [0.3, 0.4) is 0 Å². The maximum atomic E-state index is 11.9. The van der Waals surface area contributed by atoms with Crippen LogP contribution in [0.15, 0.2) is 30.6 Å². The molecule has 0 spiro atoms. The van der Waals surface area contributed by atoms with Crippen LogP contribution in [0.5, 0.6) is 0 Å². The topological polar surface area (TPSA) is 54.9 Å². The van der Waals surface area contributed by atoms with E-state index in [2.05, 4.69) is 15.3 Å². The lowest BCUT2D eigenvalue weighted by molar-refractivity contribution is 0.102. The molecular weight excluding hydrogens is 296 g/mol. The number of nitrogens with zero attached hydrogens (tertiary/aromatic N) is 2.